The highest BCUT2D eigenvalue weighted by molar-refractivity contribution is 5.75. The van der Waals surface area contributed by atoms with E-state index in [1.807, 2.05) is 31.3 Å². The molecular formula is C13H20N2O2. The Bertz CT molecular complexity index is 366. The van der Waals surface area contributed by atoms with E-state index in [-0.39, 0.29) is 11.9 Å². The van der Waals surface area contributed by atoms with Gasteiger partial charge in [-0.1, -0.05) is 12.1 Å². The fourth-order valence-corrected chi connectivity index (χ4v) is 1.43. The van der Waals surface area contributed by atoms with Crippen LogP contribution >= 0.6 is 0 Å². The molecule has 94 valence electrons. The molecule has 0 aliphatic heterocycles. The summed E-state index contributed by atoms with van der Waals surface area (Å²) in [7, 11) is 3.54. The van der Waals surface area contributed by atoms with Crippen LogP contribution in [0.15, 0.2) is 24.3 Å². The third-order valence-corrected chi connectivity index (χ3v) is 2.67. The van der Waals surface area contributed by atoms with Gasteiger partial charge in [-0.05, 0) is 31.7 Å². The molecule has 0 radical (unpaired) electrons. The second kappa shape index (κ2) is 6.91. The summed E-state index contributed by atoms with van der Waals surface area (Å²) in [6, 6.07) is 8.18. The number of amides is 1. The van der Waals surface area contributed by atoms with Crippen LogP contribution < -0.4 is 15.4 Å². The molecule has 0 aromatic heterocycles. The van der Waals surface area contributed by atoms with E-state index in [4.69, 9.17) is 4.74 Å². The Balaban J connectivity index is 2.51. The van der Waals surface area contributed by atoms with Crippen molar-refractivity contribution in [2.45, 2.75) is 19.4 Å². The maximum absolute atomic E-state index is 11.0. The van der Waals surface area contributed by atoms with Gasteiger partial charge in [-0.3, -0.25) is 4.79 Å². The van der Waals surface area contributed by atoms with Gasteiger partial charge in [0.25, 0.3) is 0 Å². The van der Waals surface area contributed by atoms with Gasteiger partial charge in [0, 0.05) is 13.1 Å². The highest BCUT2D eigenvalue weighted by atomic mass is 16.5. The van der Waals surface area contributed by atoms with Crippen molar-refractivity contribution in [3.05, 3.63) is 29.8 Å². The normalized spacial score (nSPS) is 11.9. The van der Waals surface area contributed by atoms with Crippen LogP contribution in [0.2, 0.25) is 0 Å². The second-order valence-corrected chi connectivity index (χ2v) is 3.85. The van der Waals surface area contributed by atoms with Gasteiger partial charge in [-0.2, -0.15) is 0 Å². The zero-order valence-electron chi connectivity index (χ0n) is 10.6. The van der Waals surface area contributed by atoms with Crippen LogP contribution in [-0.2, 0) is 4.79 Å². The first-order valence-electron chi connectivity index (χ1n) is 5.78. The summed E-state index contributed by atoms with van der Waals surface area (Å²) in [4.78, 5) is 11.0. The Hall–Kier alpha value is -1.55. The highest BCUT2D eigenvalue weighted by Crippen LogP contribution is 2.18. The topological polar surface area (TPSA) is 50.4 Å². The van der Waals surface area contributed by atoms with Gasteiger partial charge in [0.2, 0.25) is 5.91 Å². The average molecular weight is 236 g/mol. The molecule has 0 saturated heterocycles. The molecule has 1 rings (SSSR count). The number of carbonyl (C=O) groups is 1. The van der Waals surface area contributed by atoms with Gasteiger partial charge >= 0.3 is 0 Å². The third-order valence-electron chi connectivity index (χ3n) is 2.67. The summed E-state index contributed by atoms with van der Waals surface area (Å²) < 4.78 is 5.53. The summed E-state index contributed by atoms with van der Waals surface area (Å²) in [6.07, 6.45) is 0.377. The first-order chi connectivity index (χ1) is 8.17. The van der Waals surface area contributed by atoms with Crippen molar-refractivity contribution in [1.29, 1.82) is 0 Å². The van der Waals surface area contributed by atoms with Gasteiger partial charge < -0.3 is 15.4 Å². The van der Waals surface area contributed by atoms with E-state index in [1.54, 1.807) is 7.05 Å². The van der Waals surface area contributed by atoms with Crippen molar-refractivity contribution in [3.63, 3.8) is 0 Å². The van der Waals surface area contributed by atoms with E-state index in [2.05, 4.69) is 17.6 Å². The predicted octanol–water partition coefficient (Wildman–Crippen LogP) is 1.48. The maximum Gasteiger partial charge on any atom is 0.223 e. The lowest BCUT2D eigenvalue weighted by atomic mass is 10.1. The lowest BCUT2D eigenvalue weighted by Crippen LogP contribution is -2.20. The van der Waals surface area contributed by atoms with Crippen LogP contribution in [-0.4, -0.2) is 26.6 Å². The zero-order chi connectivity index (χ0) is 12.7. The van der Waals surface area contributed by atoms with E-state index in [0.717, 1.165) is 5.75 Å². The maximum atomic E-state index is 11.0. The Morgan fingerprint density at radius 2 is 2.18 bits per heavy atom. The fraction of sp³-hybridized carbons (Fsp3) is 0.462. The number of hydrogen-bond donors (Lipinski definition) is 2. The number of ether oxygens (including phenoxy) is 1. The quantitative estimate of drug-likeness (QED) is 0.786. The lowest BCUT2D eigenvalue weighted by Gasteiger charge is -2.12. The molecule has 1 atom stereocenters. The molecule has 0 aliphatic rings. The second-order valence-electron chi connectivity index (χ2n) is 3.85. The largest absolute Gasteiger partial charge is 0.493 e. The molecule has 1 amide bonds. The molecule has 0 spiro atoms. The van der Waals surface area contributed by atoms with E-state index < -0.39 is 0 Å². The lowest BCUT2D eigenvalue weighted by molar-refractivity contribution is -0.121. The number of benzene rings is 1. The van der Waals surface area contributed by atoms with Crippen molar-refractivity contribution < 1.29 is 9.53 Å². The van der Waals surface area contributed by atoms with Crippen LogP contribution in [0.5, 0.6) is 5.75 Å². The van der Waals surface area contributed by atoms with Crippen LogP contribution in [0.1, 0.15) is 24.9 Å². The summed E-state index contributed by atoms with van der Waals surface area (Å²) in [5, 5.41) is 5.73. The third kappa shape index (κ3) is 4.44. The minimum Gasteiger partial charge on any atom is -0.493 e. The summed E-state index contributed by atoms with van der Waals surface area (Å²) in [5.74, 6) is 0.790. The summed E-state index contributed by atoms with van der Waals surface area (Å²) in [6.45, 7) is 2.49. The zero-order valence-corrected chi connectivity index (χ0v) is 10.6. The molecule has 17 heavy (non-hydrogen) atoms. The number of carbonyl (C=O) groups excluding carboxylic acids is 1. The van der Waals surface area contributed by atoms with Crippen molar-refractivity contribution in [3.8, 4) is 5.75 Å². The minimum absolute atomic E-state index is 0.00949. The van der Waals surface area contributed by atoms with Crippen LogP contribution in [0, 0.1) is 0 Å². The number of nitrogens with one attached hydrogen (secondary N) is 2. The molecule has 1 aromatic rings. The Labute approximate surface area is 102 Å². The van der Waals surface area contributed by atoms with Crippen molar-refractivity contribution >= 4 is 5.91 Å². The first-order valence-corrected chi connectivity index (χ1v) is 5.78. The molecule has 0 fully saturated rings. The molecule has 1 unspecified atom stereocenters. The highest BCUT2D eigenvalue weighted by Gasteiger charge is 2.04. The monoisotopic (exact) mass is 236 g/mol. The SMILES string of the molecule is CNC(=O)CCOc1cccc(C(C)NC)c1. The van der Waals surface area contributed by atoms with Crippen molar-refractivity contribution in [2.24, 2.45) is 0 Å². The first kappa shape index (κ1) is 13.5. The van der Waals surface area contributed by atoms with Crippen LogP contribution in [0.3, 0.4) is 0 Å². The predicted molar refractivity (Wildman–Crippen MR) is 68.1 cm³/mol. The smallest absolute Gasteiger partial charge is 0.223 e. The molecule has 0 aliphatic carbocycles. The molecule has 1 aromatic carbocycles. The molecule has 4 nitrogen and oxygen atoms in total. The summed E-state index contributed by atoms with van der Waals surface area (Å²) in [5.41, 5.74) is 1.17. The van der Waals surface area contributed by atoms with Crippen LogP contribution in [0.25, 0.3) is 0 Å². The van der Waals surface area contributed by atoms with Crippen LogP contribution in [0.4, 0.5) is 0 Å². The molecule has 0 saturated carbocycles. The molecule has 2 N–H and O–H groups in total. The van der Waals surface area contributed by atoms with E-state index in [9.17, 15) is 4.79 Å². The Morgan fingerprint density at radius 1 is 1.41 bits per heavy atom. The average Bonchev–Trinajstić information content (AvgIpc) is 2.38. The minimum atomic E-state index is -0.00949. The molecule has 0 bridgehead atoms. The Kier molecular flexibility index (Phi) is 5.49. The molecule has 0 heterocycles. The number of rotatable bonds is 6. The Morgan fingerprint density at radius 3 is 2.82 bits per heavy atom. The number of hydrogen-bond acceptors (Lipinski definition) is 3. The standard InChI is InChI=1S/C13H20N2O2/c1-10(14-2)11-5-4-6-12(9-11)17-8-7-13(16)15-3/h4-6,9-10,14H,7-8H2,1-3H3,(H,15,16). The van der Waals surface area contributed by atoms with Gasteiger partial charge in [0.15, 0.2) is 0 Å². The fourth-order valence-electron chi connectivity index (χ4n) is 1.43. The summed E-state index contributed by atoms with van der Waals surface area (Å²) >= 11 is 0. The molecular weight excluding hydrogens is 216 g/mol. The van der Waals surface area contributed by atoms with E-state index in [1.165, 1.54) is 5.56 Å². The van der Waals surface area contributed by atoms with Gasteiger partial charge in [-0.15, -0.1) is 0 Å². The van der Waals surface area contributed by atoms with Gasteiger partial charge in [-0.25, -0.2) is 0 Å². The van der Waals surface area contributed by atoms with E-state index in [0.29, 0.717) is 13.0 Å². The molecule has 4 heteroatoms. The van der Waals surface area contributed by atoms with E-state index >= 15 is 0 Å². The van der Waals surface area contributed by atoms with Gasteiger partial charge in [0.1, 0.15) is 5.75 Å². The van der Waals surface area contributed by atoms with Crippen molar-refractivity contribution in [1.82, 2.24) is 10.6 Å². The van der Waals surface area contributed by atoms with Gasteiger partial charge in [0.05, 0.1) is 13.0 Å². The van der Waals surface area contributed by atoms with Crippen molar-refractivity contribution in [2.75, 3.05) is 20.7 Å².